The average molecular weight is 283 g/mol. The van der Waals surface area contributed by atoms with Crippen molar-refractivity contribution < 1.29 is 4.74 Å². The molecule has 3 atom stereocenters. The summed E-state index contributed by atoms with van der Waals surface area (Å²) < 4.78 is 5.34. The van der Waals surface area contributed by atoms with E-state index < -0.39 is 0 Å². The quantitative estimate of drug-likeness (QED) is 0.772. The molecule has 2 saturated heterocycles. The Labute approximate surface area is 124 Å². The summed E-state index contributed by atoms with van der Waals surface area (Å²) in [6.07, 6.45) is 6.33. The van der Waals surface area contributed by atoms with Crippen LogP contribution in [0.4, 0.5) is 0 Å². The minimum atomic E-state index is 0.187. The fourth-order valence-electron chi connectivity index (χ4n) is 4.40. The molecule has 0 aromatic rings. The standard InChI is InChI=1S/C16H33N3O/c1-5-13(2)19(8-9-20-4)16(12-17)10-14-6-7-15(11-16)18(14)3/h13-15H,5-12,17H2,1-4H3. The molecule has 2 rings (SSSR count). The molecule has 0 aliphatic carbocycles. The highest BCUT2D eigenvalue weighted by Gasteiger charge is 2.49. The molecule has 4 nitrogen and oxygen atoms in total. The number of nitrogens with zero attached hydrogens (tertiary/aromatic N) is 2. The first-order valence-electron chi connectivity index (χ1n) is 8.25. The van der Waals surface area contributed by atoms with Gasteiger partial charge in [-0.3, -0.25) is 4.90 Å². The molecule has 2 N–H and O–H groups in total. The summed E-state index contributed by atoms with van der Waals surface area (Å²) in [7, 11) is 4.09. The number of hydrogen-bond acceptors (Lipinski definition) is 4. The lowest BCUT2D eigenvalue weighted by atomic mass is 9.80. The van der Waals surface area contributed by atoms with E-state index in [9.17, 15) is 0 Å². The maximum Gasteiger partial charge on any atom is 0.0590 e. The lowest BCUT2D eigenvalue weighted by Crippen LogP contribution is -2.64. The van der Waals surface area contributed by atoms with Crippen LogP contribution in [0.3, 0.4) is 0 Å². The number of piperidine rings is 1. The Morgan fingerprint density at radius 1 is 1.35 bits per heavy atom. The zero-order chi connectivity index (χ0) is 14.8. The first-order chi connectivity index (χ1) is 9.57. The topological polar surface area (TPSA) is 41.7 Å². The molecule has 0 radical (unpaired) electrons. The highest BCUT2D eigenvalue weighted by molar-refractivity contribution is 5.07. The zero-order valence-corrected chi connectivity index (χ0v) is 13.8. The Balaban J connectivity index is 2.18. The monoisotopic (exact) mass is 283 g/mol. The van der Waals surface area contributed by atoms with Crippen molar-refractivity contribution >= 4 is 0 Å². The van der Waals surface area contributed by atoms with Crippen LogP contribution in [0.25, 0.3) is 0 Å². The first-order valence-corrected chi connectivity index (χ1v) is 8.25. The number of rotatable bonds is 7. The van der Waals surface area contributed by atoms with Gasteiger partial charge in [-0.15, -0.1) is 0 Å². The van der Waals surface area contributed by atoms with Crippen LogP contribution in [0.5, 0.6) is 0 Å². The molecule has 2 aliphatic heterocycles. The van der Waals surface area contributed by atoms with Crippen molar-refractivity contribution in [2.75, 3.05) is 33.9 Å². The van der Waals surface area contributed by atoms with Crippen LogP contribution in [0.15, 0.2) is 0 Å². The molecule has 0 aromatic heterocycles. The number of nitrogens with two attached hydrogens (primary N) is 1. The molecule has 0 aromatic carbocycles. The van der Waals surface area contributed by atoms with Crippen LogP contribution >= 0.6 is 0 Å². The van der Waals surface area contributed by atoms with Gasteiger partial charge in [0.15, 0.2) is 0 Å². The Morgan fingerprint density at radius 2 is 1.95 bits per heavy atom. The Bertz CT molecular complexity index is 296. The largest absolute Gasteiger partial charge is 0.383 e. The van der Waals surface area contributed by atoms with Gasteiger partial charge in [-0.25, -0.2) is 0 Å². The van der Waals surface area contributed by atoms with Crippen molar-refractivity contribution in [2.24, 2.45) is 5.73 Å². The molecular weight excluding hydrogens is 250 g/mol. The third kappa shape index (κ3) is 2.89. The molecule has 2 heterocycles. The van der Waals surface area contributed by atoms with Crippen LogP contribution in [-0.2, 0) is 4.74 Å². The summed E-state index contributed by atoms with van der Waals surface area (Å²) in [5.74, 6) is 0. The van der Waals surface area contributed by atoms with Gasteiger partial charge in [-0.05, 0) is 46.1 Å². The Morgan fingerprint density at radius 3 is 2.40 bits per heavy atom. The smallest absolute Gasteiger partial charge is 0.0590 e. The summed E-state index contributed by atoms with van der Waals surface area (Å²) in [5.41, 5.74) is 6.49. The van der Waals surface area contributed by atoms with Gasteiger partial charge >= 0.3 is 0 Å². The van der Waals surface area contributed by atoms with E-state index in [2.05, 4.69) is 30.7 Å². The second-order valence-electron chi connectivity index (χ2n) is 6.83. The summed E-state index contributed by atoms with van der Waals surface area (Å²) in [5, 5.41) is 0. The van der Waals surface area contributed by atoms with Crippen molar-refractivity contribution in [3.8, 4) is 0 Å². The highest BCUT2D eigenvalue weighted by Crippen LogP contribution is 2.43. The summed E-state index contributed by atoms with van der Waals surface area (Å²) in [6.45, 7) is 7.20. The number of fused-ring (bicyclic) bond motifs is 2. The van der Waals surface area contributed by atoms with E-state index in [4.69, 9.17) is 10.5 Å². The van der Waals surface area contributed by atoms with Crippen LogP contribution in [0.1, 0.15) is 46.0 Å². The van der Waals surface area contributed by atoms with E-state index in [1.54, 1.807) is 7.11 Å². The van der Waals surface area contributed by atoms with Crippen molar-refractivity contribution in [2.45, 2.75) is 69.6 Å². The Kier molecular flexibility index (Phi) is 5.46. The second-order valence-corrected chi connectivity index (χ2v) is 6.83. The lowest BCUT2D eigenvalue weighted by molar-refractivity contribution is -0.0323. The molecule has 0 amide bonds. The van der Waals surface area contributed by atoms with Gasteiger partial charge in [-0.2, -0.15) is 0 Å². The second kappa shape index (κ2) is 6.73. The molecule has 0 saturated carbocycles. The molecule has 3 unspecified atom stereocenters. The minimum absolute atomic E-state index is 0.187. The van der Waals surface area contributed by atoms with Crippen LogP contribution in [0, 0.1) is 0 Å². The maximum atomic E-state index is 6.30. The van der Waals surface area contributed by atoms with E-state index in [0.717, 1.165) is 31.8 Å². The number of methoxy groups -OCH3 is 1. The fourth-order valence-corrected chi connectivity index (χ4v) is 4.40. The molecule has 2 bridgehead atoms. The van der Waals surface area contributed by atoms with Gasteiger partial charge in [0.05, 0.1) is 6.61 Å². The van der Waals surface area contributed by atoms with Crippen molar-refractivity contribution in [1.82, 2.24) is 9.80 Å². The maximum absolute atomic E-state index is 6.30. The predicted octanol–water partition coefficient (Wildman–Crippen LogP) is 1.69. The summed E-state index contributed by atoms with van der Waals surface area (Å²) >= 11 is 0. The van der Waals surface area contributed by atoms with Gasteiger partial charge in [0.1, 0.15) is 0 Å². The molecule has 0 spiro atoms. The van der Waals surface area contributed by atoms with Crippen LogP contribution < -0.4 is 5.73 Å². The number of hydrogen-bond donors (Lipinski definition) is 1. The minimum Gasteiger partial charge on any atom is -0.383 e. The lowest BCUT2D eigenvalue weighted by Gasteiger charge is -2.53. The van der Waals surface area contributed by atoms with Crippen LogP contribution in [-0.4, -0.2) is 67.3 Å². The zero-order valence-electron chi connectivity index (χ0n) is 13.8. The van der Waals surface area contributed by atoms with E-state index >= 15 is 0 Å². The van der Waals surface area contributed by atoms with Crippen molar-refractivity contribution in [3.63, 3.8) is 0 Å². The van der Waals surface area contributed by atoms with Gasteiger partial charge in [0, 0.05) is 43.9 Å². The predicted molar refractivity (Wildman–Crippen MR) is 83.9 cm³/mol. The van der Waals surface area contributed by atoms with E-state index in [1.807, 2.05) is 0 Å². The van der Waals surface area contributed by atoms with Gasteiger partial charge < -0.3 is 15.4 Å². The van der Waals surface area contributed by atoms with Gasteiger partial charge in [-0.1, -0.05) is 6.92 Å². The molecule has 2 fully saturated rings. The number of ether oxygens (including phenoxy) is 1. The molecule has 20 heavy (non-hydrogen) atoms. The van der Waals surface area contributed by atoms with E-state index in [1.165, 1.54) is 32.1 Å². The normalized spacial score (nSPS) is 35.7. The molecule has 118 valence electrons. The first kappa shape index (κ1) is 16.2. The summed E-state index contributed by atoms with van der Waals surface area (Å²) in [6, 6.07) is 2.04. The fraction of sp³-hybridized carbons (Fsp3) is 1.00. The molecule has 2 aliphatic rings. The van der Waals surface area contributed by atoms with Crippen LogP contribution in [0.2, 0.25) is 0 Å². The highest BCUT2D eigenvalue weighted by atomic mass is 16.5. The SMILES string of the molecule is CCC(C)N(CCOC)C1(CN)CC2CCC(C1)N2C. The molecular formula is C16H33N3O. The summed E-state index contributed by atoms with van der Waals surface area (Å²) in [4.78, 5) is 5.26. The third-order valence-electron chi connectivity index (χ3n) is 5.86. The average Bonchev–Trinajstić information content (AvgIpc) is 2.69. The van der Waals surface area contributed by atoms with E-state index in [-0.39, 0.29) is 5.54 Å². The van der Waals surface area contributed by atoms with Gasteiger partial charge in [0.25, 0.3) is 0 Å². The Hall–Kier alpha value is -0.160. The van der Waals surface area contributed by atoms with Crippen molar-refractivity contribution in [3.05, 3.63) is 0 Å². The van der Waals surface area contributed by atoms with E-state index in [0.29, 0.717) is 6.04 Å². The third-order valence-corrected chi connectivity index (χ3v) is 5.86. The molecule has 4 heteroatoms. The van der Waals surface area contributed by atoms with Gasteiger partial charge in [0.2, 0.25) is 0 Å². The van der Waals surface area contributed by atoms with Crippen molar-refractivity contribution in [1.29, 1.82) is 0 Å².